The Hall–Kier alpha value is -1.55. The number of hydrogen-bond donors (Lipinski definition) is 1. The highest BCUT2D eigenvalue weighted by atomic mass is 16.5. The highest BCUT2D eigenvalue weighted by Gasteiger charge is 2.15. The van der Waals surface area contributed by atoms with Gasteiger partial charge in [0.25, 0.3) is 0 Å². The summed E-state index contributed by atoms with van der Waals surface area (Å²) in [5, 5.41) is 0. The topological polar surface area (TPSA) is 55.6 Å². The number of anilines is 1. The second kappa shape index (κ2) is 7.79. The van der Waals surface area contributed by atoms with Crippen LogP contribution in [0.4, 0.5) is 5.69 Å². The molecule has 19 heavy (non-hydrogen) atoms. The second-order valence-corrected chi connectivity index (χ2v) is 5.14. The highest BCUT2D eigenvalue weighted by molar-refractivity contribution is 5.78. The SMILES string of the molecule is COCCN(CC(C)C)C(=O)Cc1ccc(N)cc1. The van der Waals surface area contributed by atoms with Crippen molar-refractivity contribution in [2.24, 2.45) is 5.92 Å². The number of rotatable bonds is 7. The molecule has 1 amide bonds. The van der Waals surface area contributed by atoms with E-state index in [1.54, 1.807) is 7.11 Å². The van der Waals surface area contributed by atoms with Crippen LogP contribution in [0.1, 0.15) is 19.4 Å². The van der Waals surface area contributed by atoms with Gasteiger partial charge in [-0.2, -0.15) is 0 Å². The van der Waals surface area contributed by atoms with Crippen molar-refractivity contribution in [1.29, 1.82) is 0 Å². The van der Waals surface area contributed by atoms with Crippen LogP contribution >= 0.6 is 0 Å². The number of carbonyl (C=O) groups excluding carboxylic acids is 1. The zero-order valence-corrected chi connectivity index (χ0v) is 12.1. The minimum atomic E-state index is 0.135. The second-order valence-electron chi connectivity index (χ2n) is 5.14. The van der Waals surface area contributed by atoms with E-state index in [1.807, 2.05) is 29.2 Å². The van der Waals surface area contributed by atoms with Gasteiger partial charge in [0.15, 0.2) is 0 Å². The number of nitrogens with two attached hydrogens (primary N) is 1. The van der Waals surface area contributed by atoms with Crippen molar-refractivity contribution in [3.05, 3.63) is 29.8 Å². The summed E-state index contributed by atoms with van der Waals surface area (Å²) in [5.74, 6) is 0.586. The summed E-state index contributed by atoms with van der Waals surface area (Å²) in [6, 6.07) is 7.45. The first-order valence-corrected chi connectivity index (χ1v) is 6.64. The minimum absolute atomic E-state index is 0.135. The van der Waals surface area contributed by atoms with Crippen LogP contribution in [0.5, 0.6) is 0 Å². The van der Waals surface area contributed by atoms with Crippen molar-refractivity contribution in [1.82, 2.24) is 4.90 Å². The molecule has 0 aliphatic carbocycles. The Labute approximate surface area is 115 Å². The number of ether oxygens (including phenoxy) is 1. The summed E-state index contributed by atoms with van der Waals surface area (Å²) in [5.41, 5.74) is 7.35. The Morgan fingerprint density at radius 1 is 1.32 bits per heavy atom. The van der Waals surface area contributed by atoms with Crippen LogP contribution in [0.2, 0.25) is 0 Å². The Balaban J connectivity index is 2.62. The van der Waals surface area contributed by atoms with Crippen LogP contribution in [-0.4, -0.2) is 37.6 Å². The maximum Gasteiger partial charge on any atom is 0.227 e. The van der Waals surface area contributed by atoms with Crippen molar-refractivity contribution >= 4 is 11.6 Å². The summed E-state index contributed by atoms with van der Waals surface area (Å²) in [4.78, 5) is 14.1. The third kappa shape index (κ3) is 5.75. The number of methoxy groups -OCH3 is 1. The number of benzene rings is 1. The van der Waals surface area contributed by atoms with Crippen LogP contribution in [0.15, 0.2) is 24.3 Å². The van der Waals surface area contributed by atoms with Crippen LogP contribution in [-0.2, 0) is 16.0 Å². The average Bonchev–Trinajstić information content (AvgIpc) is 2.36. The maximum absolute atomic E-state index is 12.3. The third-order valence-corrected chi connectivity index (χ3v) is 2.84. The van der Waals surface area contributed by atoms with Crippen LogP contribution in [0.25, 0.3) is 0 Å². The van der Waals surface area contributed by atoms with Gasteiger partial charge in [0.2, 0.25) is 5.91 Å². The Bertz CT molecular complexity index is 388. The largest absolute Gasteiger partial charge is 0.399 e. The van der Waals surface area contributed by atoms with Gasteiger partial charge in [-0.05, 0) is 23.6 Å². The lowest BCUT2D eigenvalue weighted by molar-refractivity contribution is -0.131. The molecule has 0 fully saturated rings. The van der Waals surface area contributed by atoms with Crippen molar-refractivity contribution in [3.63, 3.8) is 0 Å². The van der Waals surface area contributed by atoms with E-state index in [-0.39, 0.29) is 5.91 Å². The molecular weight excluding hydrogens is 240 g/mol. The first-order chi connectivity index (χ1) is 9.02. The van der Waals surface area contributed by atoms with Crippen LogP contribution in [0, 0.1) is 5.92 Å². The monoisotopic (exact) mass is 264 g/mol. The normalized spacial score (nSPS) is 10.7. The zero-order valence-electron chi connectivity index (χ0n) is 12.1. The molecule has 0 radical (unpaired) electrons. The molecule has 4 heteroatoms. The molecular formula is C15H24N2O2. The van der Waals surface area contributed by atoms with Gasteiger partial charge in [-0.15, -0.1) is 0 Å². The van der Waals surface area contributed by atoms with E-state index in [9.17, 15) is 4.79 Å². The molecule has 2 N–H and O–H groups in total. The quantitative estimate of drug-likeness (QED) is 0.766. The average molecular weight is 264 g/mol. The van der Waals surface area contributed by atoms with Gasteiger partial charge in [-0.25, -0.2) is 0 Å². The van der Waals surface area contributed by atoms with Gasteiger partial charge in [-0.3, -0.25) is 4.79 Å². The van der Waals surface area contributed by atoms with E-state index in [0.29, 0.717) is 25.5 Å². The van der Waals surface area contributed by atoms with Crippen LogP contribution in [0.3, 0.4) is 0 Å². The van der Waals surface area contributed by atoms with E-state index >= 15 is 0 Å². The summed E-state index contributed by atoms with van der Waals surface area (Å²) in [6.07, 6.45) is 0.413. The molecule has 106 valence electrons. The standard InChI is InChI=1S/C15H24N2O2/c1-12(2)11-17(8-9-19-3)15(18)10-13-4-6-14(16)7-5-13/h4-7,12H,8-11,16H2,1-3H3. The van der Waals surface area contributed by atoms with Crippen molar-refractivity contribution in [2.45, 2.75) is 20.3 Å². The first kappa shape index (κ1) is 15.5. The van der Waals surface area contributed by atoms with Gasteiger partial charge >= 0.3 is 0 Å². The fourth-order valence-electron chi connectivity index (χ4n) is 1.88. The fourth-order valence-corrected chi connectivity index (χ4v) is 1.88. The summed E-state index contributed by atoms with van der Waals surface area (Å²) in [7, 11) is 1.65. The molecule has 1 aromatic rings. The summed E-state index contributed by atoms with van der Waals surface area (Å²) >= 11 is 0. The molecule has 0 unspecified atom stereocenters. The molecule has 0 aliphatic heterocycles. The van der Waals surface area contributed by atoms with Crippen molar-refractivity contribution in [3.8, 4) is 0 Å². The lowest BCUT2D eigenvalue weighted by Gasteiger charge is -2.24. The van der Waals surface area contributed by atoms with E-state index < -0.39 is 0 Å². The number of amides is 1. The molecule has 1 rings (SSSR count). The fraction of sp³-hybridized carbons (Fsp3) is 0.533. The third-order valence-electron chi connectivity index (χ3n) is 2.84. The van der Waals surface area contributed by atoms with E-state index in [1.165, 1.54) is 0 Å². The molecule has 1 aromatic carbocycles. The minimum Gasteiger partial charge on any atom is -0.399 e. The molecule has 0 heterocycles. The smallest absolute Gasteiger partial charge is 0.227 e. The molecule has 0 aliphatic rings. The Morgan fingerprint density at radius 2 is 1.95 bits per heavy atom. The van der Waals surface area contributed by atoms with E-state index in [2.05, 4.69) is 13.8 Å². The predicted molar refractivity (Wildman–Crippen MR) is 77.9 cm³/mol. The van der Waals surface area contributed by atoms with Crippen molar-refractivity contribution in [2.75, 3.05) is 32.5 Å². The van der Waals surface area contributed by atoms with E-state index in [4.69, 9.17) is 10.5 Å². The molecule has 0 atom stereocenters. The predicted octanol–water partition coefficient (Wildman–Crippen LogP) is 1.94. The molecule has 0 spiro atoms. The number of carbonyl (C=O) groups is 1. The number of nitrogen functional groups attached to an aromatic ring is 1. The Morgan fingerprint density at radius 3 is 2.47 bits per heavy atom. The maximum atomic E-state index is 12.3. The highest BCUT2D eigenvalue weighted by Crippen LogP contribution is 2.09. The van der Waals surface area contributed by atoms with Crippen molar-refractivity contribution < 1.29 is 9.53 Å². The van der Waals surface area contributed by atoms with Gasteiger partial charge in [0.1, 0.15) is 0 Å². The first-order valence-electron chi connectivity index (χ1n) is 6.64. The van der Waals surface area contributed by atoms with Crippen LogP contribution < -0.4 is 5.73 Å². The zero-order chi connectivity index (χ0) is 14.3. The Kier molecular flexibility index (Phi) is 6.36. The van der Waals surface area contributed by atoms with Gasteiger partial charge < -0.3 is 15.4 Å². The van der Waals surface area contributed by atoms with E-state index in [0.717, 1.165) is 17.8 Å². The molecule has 0 bridgehead atoms. The molecule has 0 saturated carbocycles. The summed E-state index contributed by atoms with van der Waals surface area (Å²) in [6.45, 7) is 6.19. The molecule has 0 aromatic heterocycles. The summed E-state index contributed by atoms with van der Waals surface area (Å²) < 4.78 is 5.06. The van der Waals surface area contributed by atoms with Gasteiger partial charge in [0.05, 0.1) is 13.0 Å². The number of hydrogen-bond acceptors (Lipinski definition) is 3. The lowest BCUT2D eigenvalue weighted by Crippen LogP contribution is -2.37. The van der Waals surface area contributed by atoms with Gasteiger partial charge in [-0.1, -0.05) is 26.0 Å². The molecule has 0 saturated heterocycles. The van der Waals surface area contributed by atoms with Gasteiger partial charge in [0, 0.05) is 25.9 Å². The number of nitrogens with zero attached hydrogens (tertiary/aromatic N) is 1. The lowest BCUT2D eigenvalue weighted by atomic mass is 10.1. The molecule has 4 nitrogen and oxygen atoms in total.